The van der Waals surface area contributed by atoms with Gasteiger partial charge in [-0.2, -0.15) is 4.31 Å². The van der Waals surface area contributed by atoms with Crippen molar-refractivity contribution in [3.63, 3.8) is 0 Å². The Bertz CT molecular complexity index is 790. The average Bonchev–Trinajstić information content (AvgIpc) is 3.20. The van der Waals surface area contributed by atoms with E-state index in [0.717, 1.165) is 12.8 Å². The Hall–Kier alpha value is -1.78. The fraction of sp³-hybridized carbons (Fsp3) is 0.417. The van der Waals surface area contributed by atoms with Crippen molar-refractivity contribution in [2.75, 3.05) is 18.4 Å². The number of carbonyl (C=O) groups excluding carboxylic acids is 1. The molecule has 1 saturated heterocycles. The van der Waals surface area contributed by atoms with E-state index in [4.69, 9.17) is 4.42 Å². The second kappa shape index (κ2) is 5.78. The average molecular weight is 342 g/mol. The molecule has 118 valence electrons. The highest BCUT2D eigenvalue weighted by Gasteiger charge is 2.30. The normalized spacial score (nSPS) is 16.0. The number of rotatable bonds is 4. The summed E-state index contributed by atoms with van der Waals surface area (Å²) in [5.74, 6) is -0.635. The molecule has 3 rings (SSSR count). The molecule has 0 radical (unpaired) electrons. The Morgan fingerprint density at radius 3 is 2.68 bits per heavy atom. The minimum atomic E-state index is -3.66. The fourth-order valence-electron chi connectivity index (χ4n) is 2.14. The zero-order valence-corrected chi connectivity index (χ0v) is 13.4. The number of hydrogen-bond donors (Lipinski definition) is 1. The molecular formula is C12H14N4O4S2. The van der Waals surface area contributed by atoms with Crippen molar-refractivity contribution >= 4 is 32.4 Å². The largest absolute Gasteiger partial charge is 0.438 e. The van der Waals surface area contributed by atoms with Crippen LogP contribution in [0.2, 0.25) is 0 Å². The molecule has 0 bridgehead atoms. The van der Waals surface area contributed by atoms with Gasteiger partial charge >= 0.3 is 0 Å². The molecule has 3 heterocycles. The maximum atomic E-state index is 12.3. The highest BCUT2D eigenvalue weighted by Crippen LogP contribution is 2.23. The minimum Gasteiger partial charge on any atom is -0.438 e. The standard InChI is InChI=1S/C12H14N4O4S2/c1-8-14-15-12(21-8)13-11(17)9-4-5-10(20-9)22(18,19)16-6-2-3-7-16/h4-5H,2-3,6-7H2,1H3,(H,13,15,17). The van der Waals surface area contributed by atoms with Crippen LogP contribution in [-0.2, 0) is 10.0 Å². The molecule has 1 aliphatic heterocycles. The summed E-state index contributed by atoms with van der Waals surface area (Å²) in [5, 5.41) is 10.9. The lowest BCUT2D eigenvalue weighted by molar-refractivity contribution is 0.0991. The Kier molecular flexibility index (Phi) is 3.98. The van der Waals surface area contributed by atoms with Crippen LogP contribution in [0.25, 0.3) is 0 Å². The Balaban J connectivity index is 1.77. The van der Waals surface area contributed by atoms with Crippen LogP contribution in [0.1, 0.15) is 28.4 Å². The van der Waals surface area contributed by atoms with Crippen LogP contribution >= 0.6 is 11.3 Å². The van der Waals surface area contributed by atoms with Crippen LogP contribution < -0.4 is 5.32 Å². The summed E-state index contributed by atoms with van der Waals surface area (Å²) in [4.78, 5) is 12.0. The number of nitrogens with zero attached hydrogens (tertiary/aromatic N) is 3. The number of aryl methyl sites for hydroxylation is 1. The molecule has 22 heavy (non-hydrogen) atoms. The van der Waals surface area contributed by atoms with Gasteiger partial charge in [-0.05, 0) is 31.9 Å². The fourth-order valence-corrected chi connectivity index (χ4v) is 4.16. The lowest BCUT2D eigenvalue weighted by Gasteiger charge is -2.12. The molecule has 0 aromatic carbocycles. The van der Waals surface area contributed by atoms with Crippen molar-refractivity contribution in [2.24, 2.45) is 0 Å². The lowest BCUT2D eigenvalue weighted by Crippen LogP contribution is -2.27. The van der Waals surface area contributed by atoms with Crippen LogP contribution in [0.3, 0.4) is 0 Å². The second-order valence-electron chi connectivity index (χ2n) is 4.81. The van der Waals surface area contributed by atoms with Gasteiger partial charge in [0.1, 0.15) is 5.01 Å². The van der Waals surface area contributed by atoms with Gasteiger partial charge in [-0.15, -0.1) is 10.2 Å². The molecular weight excluding hydrogens is 328 g/mol. The predicted molar refractivity (Wildman–Crippen MR) is 79.3 cm³/mol. The van der Waals surface area contributed by atoms with Gasteiger partial charge in [-0.3, -0.25) is 10.1 Å². The monoisotopic (exact) mass is 342 g/mol. The zero-order valence-electron chi connectivity index (χ0n) is 11.8. The van der Waals surface area contributed by atoms with Gasteiger partial charge in [-0.25, -0.2) is 8.42 Å². The summed E-state index contributed by atoms with van der Waals surface area (Å²) in [6.07, 6.45) is 1.67. The Morgan fingerprint density at radius 2 is 2.05 bits per heavy atom. The van der Waals surface area contributed by atoms with Crippen LogP contribution in [0.5, 0.6) is 0 Å². The molecule has 1 aliphatic rings. The van der Waals surface area contributed by atoms with Crippen LogP contribution in [-0.4, -0.2) is 41.9 Å². The first-order chi connectivity index (χ1) is 10.5. The predicted octanol–water partition coefficient (Wildman–Crippen LogP) is 1.48. The molecule has 0 saturated carbocycles. The number of anilines is 1. The van der Waals surface area contributed by atoms with Gasteiger partial charge in [0.15, 0.2) is 5.76 Å². The van der Waals surface area contributed by atoms with Gasteiger partial charge in [0.2, 0.25) is 10.2 Å². The third kappa shape index (κ3) is 2.89. The van der Waals surface area contributed by atoms with E-state index in [1.807, 2.05) is 0 Å². The van der Waals surface area contributed by atoms with E-state index < -0.39 is 15.9 Å². The van der Waals surface area contributed by atoms with Crippen molar-refractivity contribution in [1.29, 1.82) is 0 Å². The Morgan fingerprint density at radius 1 is 1.32 bits per heavy atom. The third-order valence-electron chi connectivity index (χ3n) is 3.21. The van der Waals surface area contributed by atoms with Crippen molar-refractivity contribution < 1.29 is 17.6 Å². The number of aromatic nitrogens is 2. The first-order valence-electron chi connectivity index (χ1n) is 6.68. The van der Waals surface area contributed by atoms with E-state index in [0.29, 0.717) is 23.2 Å². The van der Waals surface area contributed by atoms with E-state index in [1.165, 1.54) is 27.8 Å². The van der Waals surface area contributed by atoms with Gasteiger partial charge in [0, 0.05) is 13.1 Å². The number of nitrogens with one attached hydrogen (secondary N) is 1. The third-order valence-corrected chi connectivity index (χ3v) is 5.74. The van der Waals surface area contributed by atoms with Crippen molar-refractivity contribution in [3.05, 3.63) is 22.9 Å². The van der Waals surface area contributed by atoms with E-state index >= 15 is 0 Å². The summed E-state index contributed by atoms with van der Waals surface area (Å²) in [7, 11) is -3.66. The van der Waals surface area contributed by atoms with Crippen LogP contribution in [0.15, 0.2) is 21.6 Å². The minimum absolute atomic E-state index is 0.0781. The number of furan rings is 1. The smallest absolute Gasteiger partial charge is 0.293 e. The number of carbonyl (C=O) groups is 1. The van der Waals surface area contributed by atoms with Crippen LogP contribution in [0.4, 0.5) is 5.13 Å². The summed E-state index contributed by atoms with van der Waals surface area (Å²) in [6, 6.07) is 2.64. The molecule has 1 N–H and O–H groups in total. The molecule has 0 unspecified atom stereocenters. The molecule has 1 amide bonds. The van der Waals surface area contributed by atoms with Crippen LogP contribution in [0, 0.1) is 6.92 Å². The number of amides is 1. The molecule has 0 spiro atoms. The maximum Gasteiger partial charge on any atom is 0.293 e. The Labute approximate surface area is 131 Å². The lowest BCUT2D eigenvalue weighted by atomic mass is 10.4. The summed E-state index contributed by atoms with van der Waals surface area (Å²) < 4.78 is 31.2. The molecule has 0 atom stereocenters. The van der Waals surface area contributed by atoms with Crippen molar-refractivity contribution in [2.45, 2.75) is 24.9 Å². The molecule has 2 aromatic heterocycles. The molecule has 2 aromatic rings. The van der Waals surface area contributed by atoms with Crippen molar-refractivity contribution in [1.82, 2.24) is 14.5 Å². The van der Waals surface area contributed by atoms with Gasteiger partial charge < -0.3 is 4.42 Å². The SMILES string of the molecule is Cc1nnc(NC(=O)c2ccc(S(=O)(=O)N3CCCC3)o2)s1. The molecule has 10 heteroatoms. The summed E-state index contributed by atoms with van der Waals surface area (Å²) in [5.41, 5.74) is 0. The van der Waals surface area contributed by atoms with E-state index in [-0.39, 0.29) is 10.9 Å². The van der Waals surface area contributed by atoms with Crippen molar-refractivity contribution in [3.8, 4) is 0 Å². The highest BCUT2D eigenvalue weighted by atomic mass is 32.2. The van der Waals surface area contributed by atoms with Gasteiger partial charge in [-0.1, -0.05) is 11.3 Å². The summed E-state index contributed by atoms with van der Waals surface area (Å²) >= 11 is 1.22. The summed E-state index contributed by atoms with van der Waals surface area (Å²) in [6.45, 7) is 2.73. The molecule has 0 aliphatic carbocycles. The molecule has 1 fully saturated rings. The maximum absolute atomic E-state index is 12.3. The highest BCUT2D eigenvalue weighted by molar-refractivity contribution is 7.89. The second-order valence-corrected chi connectivity index (χ2v) is 7.86. The number of hydrogen-bond acceptors (Lipinski definition) is 7. The van der Waals surface area contributed by atoms with Gasteiger partial charge in [0.25, 0.3) is 15.9 Å². The topological polar surface area (TPSA) is 105 Å². The van der Waals surface area contributed by atoms with E-state index in [9.17, 15) is 13.2 Å². The number of sulfonamides is 1. The van der Waals surface area contributed by atoms with E-state index in [1.54, 1.807) is 6.92 Å². The van der Waals surface area contributed by atoms with E-state index in [2.05, 4.69) is 15.5 Å². The zero-order chi connectivity index (χ0) is 15.7. The quantitative estimate of drug-likeness (QED) is 0.902. The first-order valence-corrected chi connectivity index (χ1v) is 8.94. The molecule has 8 nitrogen and oxygen atoms in total. The van der Waals surface area contributed by atoms with Gasteiger partial charge in [0.05, 0.1) is 0 Å². The first kappa shape index (κ1) is 15.1.